The van der Waals surface area contributed by atoms with Crippen molar-refractivity contribution in [1.29, 1.82) is 0 Å². The molecule has 5 atom stereocenters. The molecule has 3 fully saturated rings. The summed E-state index contributed by atoms with van der Waals surface area (Å²) in [5, 5.41) is 2.21. The Morgan fingerprint density at radius 2 is 1.83 bits per heavy atom. The minimum Gasteiger partial charge on any atom is -0.444 e. The van der Waals surface area contributed by atoms with Crippen LogP contribution in [0.25, 0.3) is 0 Å². The second-order valence-electron chi connectivity index (χ2n) is 13.1. The van der Waals surface area contributed by atoms with Gasteiger partial charge >= 0.3 is 6.09 Å². The average molecular weight is 663 g/mol. The maximum atomic E-state index is 13.7. The van der Waals surface area contributed by atoms with Crippen LogP contribution < -0.4 is 15.8 Å². The fraction of sp³-hybridized carbons (Fsp3) is 0.625. The zero-order valence-electron chi connectivity index (χ0n) is 26.7. The monoisotopic (exact) mass is 662 g/mol. The number of carbonyl (C=O) groups excluding carboxylic acids is 4. The van der Waals surface area contributed by atoms with Crippen molar-refractivity contribution >= 4 is 33.8 Å². The molecule has 1 heterocycles. The molecule has 13 nitrogen and oxygen atoms in total. The largest absolute Gasteiger partial charge is 0.444 e. The molecular weight excluding hydrogens is 616 g/mol. The van der Waals surface area contributed by atoms with Crippen molar-refractivity contribution in [3.63, 3.8) is 0 Å². The fourth-order valence-electron chi connectivity index (χ4n) is 5.30. The molecule has 2 saturated carbocycles. The van der Waals surface area contributed by atoms with Crippen molar-refractivity contribution in [2.24, 2.45) is 17.6 Å². The zero-order valence-corrected chi connectivity index (χ0v) is 27.5. The topological polar surface area (TPSA) is 183 Å². The number of benzene rings is 1. The van der Waals surface area contributed by atoms with Crippen LogP contribution in [-0.4, -0.2) is 85.9 Å². The molecule has 1 aromatic rings. The Morgan fingerprint density at radius 1 is 1.11 bits per heavy atom. The fourth-order valence-corrected chi connectivity index (χ4v) is 6.66. The summed E-state index contributed by atoms with van der Waals surface area (Å²) in [6.45, 7) is 6.17. The number of ether oxygens (including phenoxy) is 3. The lowest BCUT2D eigenvalue weighted by atomic mass is 10.1. The van der Waals surface area contributed by atoms with Gasteiger partial charge in [0, 0.05) is 25.5 Å². The number of primary amides is 1. The number of carbonyl (C=O) groups is 4. The van der Waals surface area contributed by atoms with E-state index in [0.717, 1.165) is 5.56 Å². The molecule has 0 bridgehead atoms. The smallest absolute Gasteiger partial charge is 0.408 e. The Balaban J connectivity index is 1.25. The predicted octanol–water partition coefficient (Wildman–Crippen LogP) is 2.15. The highest BCUT2D eigenvalue weighted by Crippen LogP contribution is 2.40. The molecule has 1 saturated heterocycles. The number of sulfonamides is 1. The number of nitrogens with one attached hydrogen (secondary N) is 2. The molecule has 3 aliphatic rings. The molecule has 254 valence electrons. The van der Waals surface area contributed by atoms with E-state index in [-0.39, 0.29) is 44.4 Å². The Labute approximate surface area is 270 Å². The van der Waals surface area contributed by atoms with Crippen LogP contribution in [0, 0.1) is 11.8 Å². The molecule has 1 aromatic carbocycles. The van der Waals surface area contributed by atoms with E-state index >= 15 is 0 Å². The van der Waals surface area contributed by atoms with Gasteiger partial charge in [0.05, 0.1) is 24.6 Å². The van der Waals surface area contributed by atoms with Crippen LogP contribution in [-0.2, 0) is 45.2 Å². The van der Waals surface area contributed by atoms with E-state index in [1.807, 2.05) is 36.4 Å². The minimum atomic E-state index is -3.55. The Morgan fingerprint density at radius 3 is 2.48 bits per heavy atom. The molecule has 0 radical (unpaired) electrons. The molecule has 2 aliphatic carbocycles. The Bertz CT molecular complexity index is 1380. The van der Waals surface area contributed by atoms with Gasteiger partial charge in [-0.05, 0) is 64.4 Å². The molecule has 46 heavy (non-hydrogen) atoms. The summed E-state index contributed by atoms with van der Waals surface area (Å²) >= 11 is 0. The van der Waals surface area contributed by atoms with Gasteiger partial charge in [0.15, 0.2) is 0 Å². The van der Waals surface area contributed by atoms with Crippen LogP contribution in [0.4, 0.5) is 4.79 Å². The molecule has 0 spiro atoms. The van der Waals surface area contributed by atoms with Crippen LogP contribution in [0.3, 0.4) is 0 Å². The number of hydrogen-bond acceptors (Lipinski definition) is 9. The standard InChI is InChI=1S/C32H46N4O9S/c1-32(2,3)45-31(40)34-26(30(39)36-19-23(18-27(36)28(33)37)44-20-21-9-5-4-6-10-21)12-8-16-43-15-7-11-22-17-25(22)29(38)35-46(41,42)24-13-14-24/h4-7,9-11,22-27H,8,12-20H2,1-3H3,(H2,33,37)(H,34,40)(H,35,38)/b11-7-/t22?,23-,25+,26+,27+/m1/s1. The summed E-state index contributed by atoms with van der Waals surface area (Å²) in [5.41, 5.74) is 5.85. The van der Waals surface area contributed by atoms with Gasteiger partial charge in [-0.25, -0.2) is 13.2 Å². The predicted molar refractivity (Wildman–Crippen MR) is 168 cm³/mol. The summed E-state index contributed by atoms with van der Waals surface area (Å²) in [4.78, 5) is 52.3. The molecule has 4 rings (SSSR count). The third kappa shape index (κ3) is 10.8. The highest BCUT2D eigenvalue weighted by Gasteiger charge is 2.45. The van der Waals surface area contributed by atoms with Gasteiger partial charge in [-0.3, -0.25) is 19.1 Å². The number of hydrogen-bond donors (Lipinski definition) is 3. The highest BCUT2D eigenvalue weighted by molar-refractivity contribution is 7.90. The normalized spacial score (nSPS) is 23.6. The van der Waals surface area contributed by atoms with Crippen LogP contribution in [0.5, 0.6) is 0 Å². The van der Waals surface area contributed by atoms with Gasteiger partial charge in [0.25, 0.3) is 0 Å². The van der Waals surface area contributed by atoms with Crippen molar-refractivity contribution in [3.05, 3.63) is 48.0 Å². The maximum Gasteiger partial charge on any atom is 0.408 e. The lowest BCUT2D eigenvalue weighted by molar-refractivity contribution is -0.139. The zero-order chi connectivity index (χ0) is 33.5. The number of likely N-dealkylation sites (tertiary alicyclic amines) is 1. The number of nitrogens with two attached hydrogens (primary N) is 1. The molecule has 0 aromatic heterocycles. The first-order valence-corrected chi connectivity index (χ1v) is 17.3. The number of alkyl carbamates (subject to hydrolysis) is 1. The van der Waals surface area contributed by atoms with Crippen molar-refractivity contribution < 1.29 is 41.8 Å². The second-order valence-corrected chi connectivity index (χ2v) is 15.1. The SMILES string of the molecule is CC(C)(C)OC(=O)N[C@@H](CCCOC/C=C\C1C[C@@H]1C(=O)NS(=O)(=O)C1CC1)C(=O)N1C[C@H](OCc2ccccc2)C[C@H]1C(N)=O. The lowest BCUT2D eigenvalue weighted by Crippen LogP contribution is -2.53. The van der Waals surface area contributed by atoms with E-state index in [1.165, 1.54) is 4.90 Å². The van der Waals surface area contributed by atoms with Crippen molar-refractivity contribution in [2.75, 3.05) is 19.8 Å². The van der Waals surface area contributed by atoms with E-state index in [0.29, 0.717) is 32.3 Å². The first kappa shape index (κ1) is 35.4. The van der Waals surface area contributed by atoms with Crippen molar-refractivity contribution in [2.45, 2.75) is 94.9 Å². The molecule has 4 N–H and O–H groups in total. The number of amides is 4. The van der Waals surface area contributed by atoms with Gasteiger partial charge in [0.1, 0.15) is 17.7 Å². The van der Waals surface area contributed by atoms with Crippen molar-refractivity contribution in [1.82, 2.24) is 14.9 Å². The molecule has 1 aliphatic heterocycles. The second kappa shape index (κ2) is 15.4. The van der Waals surface area contributed by atoms with Gasteiger partial charge in [0.2, 0.25) is 27.7 Å². The Kier molecular flexibility index (Phi) is 11.8. The van der Waals surface area contributed by atoms with E-state index in [1.54, 1.807) is 26.8 Å². The van der Waals surface area contributed by atoms with Gasteiger partial charge in [-0.15, -0.1) is 0 Å². The maximum absolute atomic E-state index is 13.7. The van der Waals surface area contributed by atoms with Crippen LogP contribution in [0.15, 0.2) is 42.5 Å². The van der Waals surface area contributed by atoms with Gasteiger partial charge < -0.3 is 30.2 Å². The first-order valence-electron chi connectivity index (χ1n) is 15.8. The highest BCUT2D eigenvalue weighted by atomic mass is 32.2. The summed E-state index contributed by atoms with van der Waals surface area (Å²) in [6.07, 6.45) is 5.13. The van der Waals surface area contributed by atoms with Crippen LogP contribution in [0.1, 0.15) is 64.9 Å². The molecule has 4 amide bonds. The quantitative estimate of drug-likeness (QED) is 0.176. The summed E-state index contributed by atoms with van der Waals surface area (Å²) in [6, 6.07) is 7.70. The molecular formula is C32H46N4O9S. The van der Waals surface area contributed by atoms with Gasteiger partial charge in [-0.1, -0.05) is 42.5 Å². The molecule has 14 heteroatoms. The van der Waals surface area contributed by atoms with Crippen LogP contribution in [0.2, 0.25) is 0 Å². The first-order chi connectivity index (χ1) is 21.7. The van der Waals surface area contributed by atoms with Crippen molar-refractivity contribution in [3.8, 4) is 0 Å². The van der Waals surface area contributed by atoms with Gasteiger partial charge in [-0.2, -0.15) is 0 Å². The summed E-state index contributed by atoms with van der Waals surface area (Å²) in [7, 11) is -3.55. The van der Waals surface area contributed by atoms with E-state index < -0.39 is 62.9 Å². The minimum absolute atomic E-state index is 0.0304. The third-order valence-corrected chi connectivity index (χ3v) is 9.79. The number of rotatable bonds is 16. The third-order valence-electron chi connectivity index (χ3n) is 7.95. The Hall–Kier alpha value is -3.49. The van der Waals surface area contributed by atoms with E-state index in [4.69, 9.17) is 19.9 Å². The van der Waals surface area contributed by atoms with E-state index in [2.05, 4.69) is 10.0 Å². The summed E-state index contributed by atoms with van der Waals surface area (Å²) < 4.78 is 43.2. The van der Waals surface area contributed by atoms with E-state index in [9.17, 15) is 27.6 Å². The number of nitrogens with zero attached hydrogens (tertiary/aromatic N) is 1. The lowest BCUT2D eigenvalue weighted by Gasteiger charge is -2.28. The summed E-state index contributed by atoms with van der Waals surface area (Å²) in [5.74, 6) is -1.94. The number of allylic oxidation sites excluding steroid dienone is 1. The van der Waals surface area contributed by atoms with Crippen LogP contribution >= 0.6 is 0 Å². The molecule has 1 unspecified atom stereocenters. The average Bonchev–Trinajstić information content (AvgIpc) is 3.91.